The van der Waals surface area contributed by atoms with E-state index in [0.717, 1.165) is 31.5 Å². The standard InChI is InChI=1S/C39H23N3S2/c1-3-10-24(11-4-1)28-15-9-17-33-36(28)31-21-19-27(23-35(31)44-33)39-41-37(25-12-5-2-6-13-25)40-38(42-39)26-18-20-30-29-14-7-8-16-32(29)43-34(30)22-26/h1-23H/i1D,3D,4D,9D,10D,11D,15D,17D,19D,21D,23D. The van der Waals surface area contributed by atoms with Gasteiger partial charge in [0.25, 0.3) is 0 Å². The van der Waals surface area contributed by atoms with E-state index in [9.17, 15) is 4.11 Å². The fourth-order valence-electron chi connectivity index (χ4n) is 5.32. The highest BCUT2D eigenvalue weighted by atomic mass is 32.1. The molecule has 0 unspecified atom stereocenters. The Morgan fingerprint density at radius 1 is 0.455 bits per heavy atom. The van der Waals surface area contributed by atoms with Gasteiger partial charge in [-0.1, -0.05) is 115 Å². The van der Waals surface area contributed by atoms with Crippen molar-refractivity contribution in [2.45, 2.75) is 0 Å². The van der Waals surface area contributed by atoms with Crippen LogP contribution in [0.4, 0.5) is 0 Å². The van der Waals surface area contributed by atoms with Crippen molar-refractivity contribution in [2.24, 2.45) is 0 Å². The number of hydrogen-bond donors (Lipinski definition) is 0. The molecule has 44 heavy (non-hydrogen) atoms. The maximum atomic E-state index is 9.50. The molecule has 0 radical (unpaired) electrons. The second-order valence-corrected chi connectivity index (χ2v) is 12.1. The summed E-state index contributed by atoms with van der Waals surface area (Å²) in [7, 11) is 0. The molecule has 3 aromatic heterocycles. The Balaban J connectivity index is 1.34. The van der Waals surface area contributed by atoms with Crippen LogP contribution in [0.3, 0.4) is 0 Å². The van der Waals surface area contributed by atoms with Crippen LogP contribution in [0.15, 0.2) is 139 Å². The van der Waals surface area contributed by atoms with Gasteiger partial charge in [-0.2, -0.15) is 0 Å². The fourth-order valence-corrected chi connectivity index (χ4v) is 7.49. The van der Waals surface area contributed by atoms with Crippen LogP contribution in [0.1, 0.15) is 15.1 Å². The SMILES string of the molecule is [2H]c1c([2H])c([2H])c(-c2c([2H])c([2H])c([2H])c3sc4c([2H])c(-c5nc(-c6ccccc6)nc(-c6ccc7c(c6)sc6ccccc67)n5)c([2H])c([2H])c4c23)c([2H])c1[2H]. The zero-order chi connectivity index (χ0) is 38.6. The van der Waals surface area contributed by atoms with Crippen LogP contribution in [-0.4, -0.2) is 15.0 Å². The van der Waals surface area contributed by atoms with Crippen LogP contribution < -0.4 is 0 Å². The minimum Gasteiger partial charge on any atom is -0.208 e. The van der Waals surface area contributed by atoms with E-state index in [1.54, 1.807) is 11.3 Å². The Kier molecular flexibility index (Phi) is 3.84. The van der Waals surface area contributed by atoms with E-state index in [0.29, 0.717) is 17.0 Å². The lowest BCUT2D eigenvalue weighted by atomic mass is 9.99. The molecule has 0 amide bonds. The van der Waals surface area contributed by atoms with Crippen molar-refractivity contribution < 1.29 is 15.1 Å². The van der Waals surface area contributed by atoms with Crippen LogP contribution in [-0.2, 0) is 0 Å². The van der Waals surface area contributed by atoms with Gasteiger partial charge in [0.2, 0.25) is 0 Å². The summed E-state index contributed by atoms with van der Waals surface area (Å²) in [5.41, 5.74) is 0.683. The molecule has 0 atom stereocenters. The zero-order valence-corrected chi connectivity index (χ0v) is 24.2. The number of fused-ring (bicyclic) bond motifs is 6. The third kappa shape index (κ3) is 4.21. The molecule has 9 aromatic rings. The van der Waals surface area contributed by atoms with E-state index in [1.165, 1.54) is 0 Å². The smallest absolute Gasteiger partial charge is 0.164 e. The Bertz CT molecular complexity index is 3100. The largest absolute Gasteiger partial charge is 0.208 e. The Labute approximate surface area is 277 Å². The van der Waals surface area contributed by atoms with Gasteiger partial charge in [0, 0.05) is 57.0 Å². The molecule has 0 fully saturated rings. The lowest BCUT2D eigenvalue weighted by Gasteiger charge is -2.09. The summed E-state index contributed by atoms with van der Waals surface area (Å²) in [6.07, 6.45) is 0. The third-order valence-electron chi connectivity index (χ3n) is 7.35. The maximum Gasteiger partial charge on any atom is 0.164 e. The monoisotopic (exact) mass is 608 g/mol. The first-order valence-corrected chi connectivity index (χ1v) is 15.3. The highest BCUT2D eigenvalue weighted by molar-refractivity contribution is 7.26. The van der Waals surface area contributed by atoms with Gasteiger partial charge in [-0.05, 0) is 35.3 Å². The highest BCUT2D eigenvalue weighted by Crippen LogP contribution is 2.41. The normalized spacial score (nSPS) is 15.1. The number of thiophene rings is 2. The number of hydrogen-bond acceptors (Lipinski definition) is 5. The molecule has 3 heterocycles. The van der Waals surface area contributed by atoms with E-state index < -0.39 is 54.4 Å². The summed E-state index contributed by atoms with van der Waals surface area (Å²) < 4.78 is 98.8. The summed E-state index contributed by atoms with van der Waals surface area (Å²) in [6.45, 7) is 0. The minimum absolute atomic E-state index is 0.000952. The number of nitrogens with zero attached hydrogens (tertiary/aromatic N) is 3. The van der Waals surface area contributed by atoms with Gasteiger partial charge in [-0.25, -0.2) is 15.0 Å². The van der Waals surface area contributed by atoms with Crippen LogP contribution in [0.25, 0.3) is 85.6 Å². The molecule has 0 aliphatic carbocycles. The molecule has 5 heteroatoms. The molecule has 0 N–H and O–H groups in total. The summed E-state index contributed by atoms with van der Waals surface area (Å²) in [6, 6.07) is 17.5. The maximum absolute atomic E-state index is 9.50. The molecule has 3 nitrogen and oxygen atoms in total. The zero-order valence-electron chi connectivity index (χ0n) is 33.6. The van der Waals surface area contributed by atoms with Crippen molar-refractivity contribution in [2.75, 3.05) is 0 Å². The Hall–Kier alpha value is -5.23. The van der Waals surface area contributed by atoms with E-state index in [4.69, 9.17) is 25.9 Å². The van der Waals surface area contributed by atoms with Gasteiger partial charge in [0.15, 0.2) is 17.5 Å². The molecule has 0 saturated carbocycles. The molecular weight excluding hydrogens is 575 g/mol. The molecule has 0 bridgehead atoms. The average molecular weight is 609 g/mol. The van der Waals surface area contributed by atoms with Gasteiger partial charge in [-0.3, -0.25) is 0 Å². The van der Waals surface area contributed by atoms with E-state index >= 15 is 0 Å². The predicted molar refractivity (Wildman–Crippen MR) is 187 cm³/mol. The van der Waals surface area contributed by atoms with Crippen molar-refractivity contribution in [1.29, 1.82) is 0 Å². The first kappa shape index (κ1) is 16.6. The second kappa shape index (κ2) is 10.2. The third-order valence-corrected chi connectivity index (χ3v) is 9.50. The van der Waals surface area contributed by atoms with Gasteiger partial charge < -0.3 is 0 Å². The quantitative estimate of drug-likeness (QED) is 0.199. The summed E-state index contributed by atoms with van der Waals surface area (Å²) >= 11 is 2.54. The van der Waals surface area contributed by atoms with Crippen LogP contribution >= 0.6 is 22.7 Å². The summed E-state index contributed by atoms with van der Waals surface area (Å²) in [5.74, 6) is 0.551. The predicted octanol–water partition coefficient (Wildman–Crippen LogP) is 11.3. The summed E-state index contributed by atoms with van der Waals surface area (Å²) in [4.78, 5) is 14.4. The first-order valence-electron chi connectivity index (χ1n) is 19.1. The van der Waals surface area contributed by atoms with Crippen molar-refractivity contribution >= 4 is 63.0 Å². The number of rotatable bonds is 4. The molecule has 0 aliphatic rings. The fraction of sp³-hybridized carbons (Fsp3) is 0. The molecule has 6 aromatic carbocycles. The molecule has 206 valence electrons. The van der Waals surface area contributed by atoms with Crippen molar-refractivity contribution in [3.8, 4) is 45.3 Å². The second-order valence-electron chi connectivity index (χ2n) is 9.99. The average Bonchev–Trinajstić information content (AvgIpc) is 3.78. The van der Waals surface area contributed by atoms with Gasteiger partial charge in [-0.15, -0.1) is 22.7 Å². The summed E-state index contributed by atoms with van der Waals surface area (Å²) in [5, 5.41) is 2.21. The first-order chi connectivity index (χ1) is 26.4. The number of benzene rings is 6. The lowest BCUT2D eigenvalue weighted by molar-refractivity contribution is 1.08. The Morgan fingerprint density at radius 2 is 1.18 bits per heavy atom. The van der Waals surface area contributed by atoms with Crippen LogP contribution in [0.5, 0.6) is 0 Å². The molecule has 0 saturated heterocycles. The van der Waals surface area contributed by atoms with Gasteiger partial charge in [0.05, 0.1) is 15.1 Å². The van der Waals surface area contributed by atoms with E-state index in [-0.39, 0.29) is 60.6 Å². The Morgan fingerprint density at radius 3 is 2.05 bits per heavy atom. The van der Waals surface area contributed by atoms with Crippen molar-refractivity contribution in [1.82, 2.24) is 15.0 Å². The van der Waals surface area contributed by atoms with Crippen LogP contribution in [0, 0.1) is 0 Å². The highest BCUT2D eigenvalue weighted by Gasteiger charge is 2.16. The van der Waals surface area contributed by atoms with Crippen molar-refractivity contribution in [3.63, 3.8) is 0 Å². The molecule has 0 aliphatic heterocycles. The molecule has 9 rings (SSSR count). The van der Waals surface area contributed by atoms with Crippen LogP contribution in [0.2, 0.25) is 0 Å². The number of aromatic nitrogens is 3. The van der Waals surface area contributed by atoms with Gasteiger partial charge >= 0.3 is 0 Å². The van der Waals surface area contributed by atoms with E-state index in [2.05, 4.69) is 12.1 Å². The minimum atomic E-state index is -0.647. The topological polar surface area (TPSA) is 38.7 Å². The van der Waals surface area contributed by atoms with Gasteiger partial charge in [0.1, 0.15) is 0 Å². The molecule has 0 spiro atoms. The van der Waals surface area contributed by atoms with E-state index in [1.807, 2.05) is 60.7 Å². The van der Waals surface area contributed by atoms with Crippen molar-refractivity contribution in [3.05, 3.63) is 139 Å². The molecular formula is C39H23N3S2. The lowest BCUT2D eigenvalue weighted by Crippen LogP contribution is -2.00.